The monoisotopic (exact) mass is 439 g/mol. The molecule has 1 aromatic carbocycles. The molecule has 2 N–H and O–H groups in total. The van der Waals surface area contributed by atoms with E-state index >= 15 is 0 Å². The Balaban J connectivity index is 1.69. The highest BCUT2D eigenvalue weighted by atomic mass is 32.2. The van der Waals surface area contributed by atoms with Crippen LogP contribution in [0.1, 0.15) is 31.2 Å². The fourth-order valence-corrected chi connectivity index (χ4v) is 3.83. The Morgan fingerprint density at radius 1 is 1.20 bits per heavy atom. The fraction of sp³-hybridized carbons (Fsp3) is 0.421. The first-order valence-corrected chi connectivity index (χ1v) is 11.2. The molecule has 9 nitrogen and oxygen atoms in total. The number of hydrogen-bond donors (Lipinski definition) is 2. The van der Waals surface area contributed by atoms with Gasteiger partial charge in [0.25, 0.3) is 0 Å². The molecule has 30 heavy (non-hydrogen) atoms. The molecule has 11 heteroatoms. The number of nitrogens with one attached hydrogen (secondary N) is 1. The van der Waals surface area contributed by atoms with E-state index in [1.54, 1.807) is 6.92 Å². The maximum atomic E-state index is 14.3. The summed E-state index contributed by atoms with van der Waals surface area (Å²) < 4.78 is 48.8. The van der Waals surface area contributed by atoms with Gasteiger partial charge in [-0.1, -0.05) is 0 Å². The van der Waals surface area contributed by atoms with Gasteiger partial charge in [0.05, 0.1) is 10.5 Å². The van der Waals surface area contributed by atoms with Crippen molar-refractivity contribution in [2.45, 2.75) is 49.6 Å². The van der Waals surface area contributed by atoms with Crippen molar-refractivity contribution < 1.29 is 32.2 Å². The van der Waals surface area contributed by atoms with Gasteiger partial charge >= 0.3 is 6.09 Å². The molecular formula is C19H22FN3O6S. The number of ether oxygens (including phenoxy) is 2. The van der Waals surface area contributed by atoms with Gasteiger partial charge in [-0.3, -0.25) is 0 Å². The number of carboxylic acid groups (broad SMARTS) is 1. The van der Waals surface area contributed by atoms with Crippen molar-refractivity contribution in [1.29, 1.82) is 0 Å². The minimum absolute atomic E-state index is 0.0900. The van der Waals surface area contributed by atoms with E-state index in [9.17, 15) is 17.6 Å². The van der Waals surface area contributed by atoms with Gasteiger partial charge in [0.2, 0.25) is 11.8 Å². The van der Waals surface area contributed by atoms with E-state index < -0.39 is 21.7 Å². The standard InChI is InChI=1S/C19H22FN3O6S/c1-11-17(28-13-5-3-12(4-6-13)23-19(24)25)21-10-22-18(11)29-16-8-7-14(9-15(16)20)30(2,26)27/h7-10,12-13,23H,3-6H2,1-2H3,(H,24,25). The number of hydrogen-bond acceptors (Lipinski definition) is 7. The van der Waals surface area contributed by atoms with Crippen LogP contribution in [0.15, 0.2) is 29.4 Å². The molecule has 1 heterocycles. The first kappa shape index (κ1) is 21.8. The van der Waals surface area contributed by atoms with Crippen LogP contribution in [-0.2, 0) is 9.84 Å². The van der Waals surface area contributed by atoms with Crippen LogP contribution >= 0.6 is 0 Å². The Hall–Kier alpha value is -2.95. The molecule has 1 amide bonds. The number of amides is 1. The van der Waals surface area contributed by atoms with Crippen molar-refractivity contribution in [2.75, 3.05) is 6.26 Å². The third kappa shape index (κ3) is 5.35. The lowest BCUT2D eigenvalue weighted by Crippen LogP contribution is -2.39. The van der Waals surface area contributed by atoms with Crippen LogP contribution < -0.4 is 14.8 Å². The minimum atomic E-state index is -3.54. The zero-order valence-corrected chi connectivity index (χ0v) is 17.3. The van der Waals surface area contributed by atoms with E-state index in [-0.39, 0.29) is 28.7 Å². The molecule has 0 aliphatic heterocycles. The molecule has 2 aromatic rings. The summed E-state index contributed by atoms with van der Waals surface area (Å²) in [5, 5.41) is 11.3. The summed E-state index contributed by atoms with van der Waals surface area (Å²) in [4.78, 5) is 18.7. The highest BCUT2D eigenvalue weighted by molar-refractivity contribution is 7.90. The van der Waals surface area contributed by atoms with Crippen molar-refractivity contribution >= 4 is 15.9 Å². The van der Waals surface area contributed by atoms with Crippen LogP contribution in [0.4, 0.5) is 9.18 Å². The van der Waals surface area contributed by atoms with Crippen LogP contribution in [0.3, 0.4) is 0 Å². The molecule has 0 bridgehead atoms. The maximum absolute atomic E-state index is 14.3. The molecule has 0 saturated heterocycles. The number of benzene rings is 1. The zero-order valence-electron chi connectivity index (χ0n) is 16.5. The second-order valence-electron chi connectivity index (χ2n) is 7.12. The summed E-state index contributed by atoms with van der Waals surface area (Å²) in [6, 6.07) is 3.28. The Bertz CT molecular complexity index is 1040. The average Bonchev–Trinajstić information content (AvgIpc) is 2.66. The average molecular weight is 439 g/mol. The summed E-state index contributed by atoms with van der Waals surface area (Å²) in [6.45, 7) is 1.67. The van der Waals surface area contributed by atoms with Crippen molar-refractivity contribution in [2.24, 2.45) is 0 Å². The maximum Gasteiger partial charge on any atom is 0.404 e. The second-order valence-corrected chi connectivity index (χ2v) is 9.13. The second kappa shape index (κ2) is 8.82. The predicted molar refractivity (Wildman–Crippen MR) is 104 cm³/mol. The molecular weight excluding hydrogens is 417 g/mol. The van der Waals surface area contributed by atoms with E-state index in [2.05, 4.69) is 15.3 Å². The number of nitrogens with zero attached hydrogens (tertiary/aromatic N) is 2. The van der Waals surface area contributed by atoms with Crippen LogP contribution in [0.5, 0.6) is 17.5 Å². The SMILES string of the molecule is Cc1c(Oc2ccc(S(C)(=O)=O)cc2F)ncnc1OC1CCC(NC(=O)O)CC1. The molecule has 0 spiro atoms. The first-order chi connectivity index (χ1) is 14.1. The highest BCUT2D eigenvalue weighted by Crippen LogP contribution is 2.32. The lowest BCUT2D eigenvalue weighted by atomic mass is 9.93. The molecule has 1 aromatic heterocycles. The van der Waals surface area contributed by atoms with Crippen molar-refractivity contribution in [3.8, 4) is 17.5 Å². The van der Waals surface area contributed by atoms with Crippen molar-refractivity contribution in [1.82, 2.24) is 15.3 Å². The number of carbonyl (C=O) groups is 1. The molecule has 162 valence electrons. The van der Waals surface area contributed by atoms with Crippen molar-refractivity contribution in [3.63, 3.8) is 0 Å². The normalized spacial score (nSPS) is 19.2. The molecule has 0 atom stereocenters. The quantitative estimate of drug-likeness (QED) is 0.703. The fourth-order valence-electron chi connectivity index (χ4n) is 3.20. The van der Waals surface area contributed by atoms with E-state index in [4.69, 9.17) is 14.6 Å². The Morgan fingerprint density at radius 2 is 1.87 bits per heavy atom. The van der Waals surface area contributed by atoms with Gasteiger partial charge in [-0.05, 0) is 50.8 Å². The van der Waals surface area contributed by atoms with Gasteiger partial charge < -0.3 is 19.9 Å². The van der Waals surface area contributed by atoms with Crippen LogP contribution in [0, 0.1) is 12.7 Å². The smallest absolute Gasteiger partial charge is 0.404 e. The topological polar surface area (TPSA) is 128 Å². The van der Waals surface area contributed by atoms with Crippen molar-refractivity contribution in [3.05, 3.63) is 35.9 Å². The summed E-state index contributed by atoms with van der Waals surface area (Å²) in [7, 11) is -3.54. The van der Waals surface area contributed by atoms with Crippen LogP contribution in [0.2, 0.25) is 0 Å². The summed E-state index contributed by atoms with van der Waals surface area (Å²) in [5.41, 5.74) is 0.467. The third-order valence-corrected chi connectivity index (χ3v) is 5.92. The van der Waals surface area contributed by atoms with Gasteiger partial charge in [0, 0.05) is 12.3 Å². The largest absolute Gasteiger partial charge is 0.474 e. The zero-order chi connectivity index (χ0) is 21.9. The minimum Gasteiger partial charge on any atom is -0.474 e. The lowest BCUT2D eigenvalue weighted by Gasteiger charge is -2.28. The molecule has 0 unspecified atom stereocenters. The molecule has 1 aliphatic carbocycles. The Morgan fingerprint density at radius 3 is 2.47 bits per heavy atom. The molecule has 0 radical (unpaired) electrons. The first-order valence-electron chi connectivity index (χ1n) is 9.28. The van der Waals surface area contributed by atoms with Gasteiger partial charge in [-0.25, -0.2) is 27.6 Å². The molecule has 1 saturated carbocycles. The van der Waals surface area contributed by atoms with E-state index in [0.717, 1.165) is 12.3 Å². The molecule has 1 fully saturated rings. The number of aromatic nitrogens is 2. The Kier molecular flexibility index (Phi) is 6.40. The van der Waals surface area contributed by atoms with E-state index in [1.165, 1.54) is 18.5 Å². The predicted octanol–water partition coefficient (Wildman–Crippen LogP) is 3.08. The van der Waals surface area contributed by atoms with Crippen LogP contribution in [-0.4, -0.2) is 48.0 Å². The Labute approximate surface area is 173 Å². The number of halogens is 1. The van der Waals surface area contributed by atoms with Gasteiger partial charge in [0.1, 0.15) is 12.4 Å². The third-order valence-electron chi connectivity index (χ3n) is 4.81. The van der Waals surface area contributed by atoms with Gasteiger partial charge in [-0.15, -0.1) is 0 Å². The molecule has 1 aliphatic rings. The molecule has 3 rings (SSSR count). The lowest BCUT2D eigenvalue weighted by molar-refractivity contribution is 0.128. The van der Waals surface area contributed by atoms with Gasteiger partial charge in [-0.2, -0.15) is 0 Å². The van der Waals surface area contributed by atoms with E-state index in [0.29, 0.717) is 37.1 Å². The van der Waals surface area contributed by atoms with Crippen LogP contribution in [0.25, 0.3) is 0 Å². The summed E-state index contributed by atoms with van der Waals surface area (Å²) in [5.74, 6) is -0.617. The summed E-state index contributed by atoms with van der Waals surface area (Å²) in [6.07, 6.45) is 3.68. The van der Waals surface area contributed by atoms with Gasteiger partial charge in [0.15, 0.2) is 21.4 Å². The highest BCUT2D eigenvalue weighted by Gasteiger charge is 2.25. The number of sulfone groups is 1. The van der Waals surface area contributed by atoms with E-state index in [1.807, 2.05) is 0 Å². The number of rotatable bonds is 6. The summed E-state index contributed by atoms with van der Waals surface area (Å²) >= 11 is 0.